The molecule has 0 saturated heterocycles. The van der Waals surface area contributed by atoms with Gasteiger partial charge in [-0.15, -0.1) is 0 Å². The van der Waals surface area contributed by atoms with Gasteiger partial charge in [-0.3, -0.25) is 22.9 Å². The van der Waals surface area contributed by atoms with Crippen LogP contribution in [0, 0.1) is 34.6 Å². The Bertz CT molecular complexity index is 1680. The molecular weight excluding hydrogens is 414 g/mol. The molecule has 7 heteroatoms. The van der Waals surface area contributed by atoms with E-state index in [1.54, 1.807) is 7.05 Å². The first-order chi connectivity index (χ1) is 15.7. The molecule has 2 aromatic carbocycles. The lowest BCUT2D eigenvalue weighted by Gasteiger charge is -2.12. The minimum absolute atomic E-state index is 0.213. The topological polar surface area (TPSA) is 66.2 Å². The molecule has 0 unspecified atom stereocenters. The second-order valence-corrected chi connectivity index (χ2v) is 8.86. The molecule has 3 heterocycles. The van der Waals surface area contributed by atoms with E-state index in [0.717, 1.165) is 33.8 Å². The number of hydrogen-bond acceptors (Lipinski definition) is 3. The van der Waals surface area contributed by atoms with E-state index < -0.39 is 0 Å². The summed E-state index contributed by atoms with van der Waals surface area (Å²) in [4.78, 5) is 31.6. The summed E-state index contributed by atoms with van der Waals surface area (Å²) in [6, 6.07) is 14.0. The zero-order valence-electron chi connectivity index (χ0n) is 19.8. The molecular formula is C26H27N5O2. The van der Waals surface area contributed by atoms with Crippen molar-refractivity contribution >= 4 is 16.9 Å². The minimum Gasteiger partial charge on any atom is -0.282 e. The molecule has 3 aromatic heterocycles. The highest BCUT2D eigenvalue weighted by Crippen LogP contribution is 2.27. The predicted molar refractivity (Wildman–Crippen MR) is 131 cm³/mol. The Hall–Kier alpha value is -3.87. The fourth-order valence-electron chi connectivity index (χ4n) is 4.53. The van der Waals surface area contributed by atoms with Gasteiger partial charge in [-0.05, 0) is 57.4 Å². The summed E-state index contributed by atoms with van der Waals surface area (Å²) in [5.74, 6) is 0.633. The number of benzene rings is 2. The van der Waals surface area contributed by atoms with Crippen molar-refractivity contribution in [3.05, 3.63) is 96.9 Å². The molecule has 5 aromatic rings. The molecule has 0 bridgehead atoms. The molecule has 33 heavy (non-hydrogen) atoms. The van der Waals surface area contributed by atoms with Crippen molar-refractivity contribution in [2.75, 3.05) is 0 Å². The van der Waals surface area contributed by atoms with Gasteiger partial charge in [-0.2, -0.15) is 4.98 Å². The quantitative estimate of drug-likeness (QED) is 0.429. The summed E-state index contributed by atoms with van der Waals surface area (Å²) in [7, 11) is 1.67. The first-order valence-electron chi connectivity index (χ1n) is 11.0. The van der Waals surface area contributed by atoms with Crippen molar-refractivity contribution in [1.29, 1.82) is 0 Å². The molecule has 0 radical (unpaired) electrons. The summed E-state index contributed by atoms with van der Waals surface area (Å²) in [5, 5.41) is 0. The van der Waals surface area contributed by atoms with E-state index in [9.17, 15) is 9.59 Å². The third-order valence-electron chi connectivity index (χ3n) is 6.80. The molecule has 7 nitrogen and oxygen atoms in total. The van der Waals surface area contributed by atoms with E-state index >= 15 is 0 Å². The van der Waals surface area contributed by atoms with Gasteiger partial charge in [-0.1, -0.05) is 42.0 Å². The fourth-order valence-corrected chi connectivity index (χ4v) is 4.53. The van der Waals surface area contributed by atoms with Crippen molar-refractivity contribution in [2.24, 2.45) is 7.05 Å². The van der Waals surface area contributed by atoms with Gasteiger partial charge in [0.25, 0.3) is 5.56 Å². The smallest absolute Gasteiger partial charge is 0.282 e. The molecule has 0 amide bonds. The number of aromatic nitrogens is 5. The highest BCUT2D eigenvalue weighted by molar-refractivity contribution is 5.77. The lowest BCUT2D eigenvalue weighted by atomic mass is 10.1. The first-order valence-corrected chi connectivity index (χ1v) is 11.0. The van der Waals surface area contributed by atoms with Gasteiger partial charge in [0.1, 0.15) is 0 Å². The molecule has 168 valence electrons. The van der Waals surface area contributed by atoms with Gasteiger partial charge in [0, 0.05) is 18.4 Å². The summed E-state index contributed by atoms with van der Waals surface area (Å²) in [6.07, 6.45) is 0. The standard InChI is InChI=1S/C26H27N5O2/c1-15-10-12-20(13-11-15)14-29-24(32)22-23(28(6)26(29)33)27-25-30(18(4)19(5)31(22)25)21-9-7-8-16(2)17(21)3/h7-13H,14H2,1-6H3. The third-order valence-corrected chi connectivity index (χ3v) is 6.80. The molecule has 0 atom stereocenters. The van der Waals surface area contributed by atoms with Gasteiger partial charge >= 0.3 is 5.69 Å². The van der Waals surface area contributed by atoms with Gasteiger partial charge < -0.3 is 0 Å². The highest BCUT2D eigenvalue weighted by atomic mass is 16.2. The van der Waals surface area contributed by atoms with Gasteiger partial charge in [0.2, 0.25) is 5.78 Å². The van der Waals surface area contributed by atoms with Crippen LogP contribution in [0.2, 0.25) is 0 Å². The Morgan fingerprint density at radius 3 is 2.27 bits per heavy atom. The van der Waals surface area contributed by atoms with E-state index in [1.165, 1.54) is 14.7 Å². The van der Waals surface area contributed by atoms with Crippen molar-refractivity contribution < 1.29 is 0 Å². The maximum Gasteiger partial charge on any atom is 0.332 e. The largest absolute Gasteiger partial charge is 0.332 e. The second kappa shape index (κ2) is 7.33. The van der Waals surface area contributed by atoms with Crippen LogP contribution < -0.4 is 11.2 Å². The Balaban J connectivity index is 1.85. The molecule has 0 spiro atoms. The normalized spacial score (nSPS) is 11.7. The van der Waals surface area contributed by atoms with Gasteiger partial charge in [0.05, 0.1) is 12.2 Å². The zero-order valence-corrected chi connectivity index (χ0v) is 19.8. The lowest BCUT2D eigenvalue weighted by Crippen LogP contribution is -2.39. The fraction of sp³-hybridized carbons (Fsp3) is 0.269. The van der Waals surface area contributed by atoms with Crippen LogP contribution in [0.25, 0.3) is 22.6 Å². The molecule has 0 aliphatic carbocycles. The zero-order chi connectivity index (χ0) is 23.6. The number of hydrogen-bond donors (Lipinski definition) is 0. The van der Waals surface area contributed by atoms with Crippen molar-refractivity contribution in [1.82, 2.24) is 23.1 Å². The van der Waals surface area contributed by atoms with Crippen LogP contribution in [0.3, 0.4) is 0 Å². The Labute approximate surface area is 191 Å². The minimum atomic E-state index is -0.374. The summed E-state index contributed by atoms with van der Waals surface area (Å²) >= 11 is 0. The van der Waals surface area contributed by atoms with Crippen LogP contribution in [0.15, 0.2) is 52.1 Å². The maximum absolute atomic E-state index is 13.7. The molecule has 5 rings (SSSR count). The van der Waals surface area contributed by atoms with E-state index in [2.05, 4.69) is 30.5 Å². The van der Waals surface area contributed by atoms with Crippen LogP contribution in [0.1, 0.15) is 33.6 Å². The predicted octanol–water partition coefficient (Wildman–Crippen LogP) is 3.73. The molecule has 0 saturated carbocycles. The lowest BCUT2D eigenvalue weighted by molar-refractivity contribution is 0.656. The van der Waals surface area contributed by atoms with E-state index in [0.29, 0.717) is 16.9 Å². The van der Waals surface area contributed by atoms with Crippen LogP contribution >= 0.6 is 0 Å². The SMILES string of the molecule is Cc1ccc(Cn2c(=O)c3c(nc4n(-c5cccc(C)c5C)c(C)c(C)n34)n(C)c2=O)cc1. The van der Waals surface area contributed by atoms with E-state index in [1.807, 2.05) is 55.5 Å². The average Bonchev–Trinajstić information content (AvgIpc) is 3.29. The average molecular weight is 442 g/mol. The summed E-state index contributed by atoms with van der Waals surface area (Å²) in [5.41, 5.74) is 7.42. The Morgan fingerprint density at radius 2 is 1.58 bits per heavy atom. The van der Waals surface area contributed by atoms with Crippen molar-refractivity contribution in [3.63, 3.8) is 0 Å². The Kier molecular flexibility index (Phi) is 4.67. The summed E-state index contributed by atoms with van der Waals surface area (Å²) in [6.45, 7) is 10.4. The van der Waals surface area contributed by atoms with Crippen molar-refractivity contribution in [2.45, 2.75) is 41.2 Å². The first kappa shape index (κ1) is 21.0. The summed E-state index contributed by atoms with van der Waals surface area (Å²) < 4.78 is 6.73. The second-order valence-electron chi connectivity index (χ2n) is 8.86. The third kappa shape index (κ3) is 2.99. The molecule has 0 aliphatic rings. The number of rotatable bonds is 3. The maximum atomic E-state index is 13.7. The molecule has 0 fully saturated rings. The van der Waals surface area contributed by atoms with Crippen LogP contribution in [0.4, 0.5) is 0 Å². The van der Waals surface area contributed by atoms with Crippen LogP contribution in [0.5, 0.6) is 0 Å². The monoisotopic (exact) mass is 441 g/mol. The van der Waals surface area contributed by atoms with Crippen molar-refractivity contribution in [3.8, 4) is 5.69 Å². The van der Waals surface area contributed by atoms with Gasteiger partial charge in [0.15, 0.2) is 11.2 Å². The van der Waals surface area contributed by atoms with E-state index in [-0.39, 0.29) is 17.8 Å². The number of nitrogens with zero attached hydrogens (tertiary/aromatic N) is 5. The van der Waals surface area contributed by atoms with Crippen LogP contribution in [-0.2, 0) is 13.6 Å². The number of imidazole rings is 2. The molecule has 0 N–H and O–H groups in total. The van der Waals surface area contributed by atoms with Crippen LogP contribution in [-0.4, -0.2) is 23.1 Å². The molecule has 0 aliphatic heterocycles. The number of fused-ring (bicyclic) bond motifs is 3. The van der Waals surface area contributed by atoms with E-state index in [4.69, 9.17) is 4.98 Å². The van der Waals surface area contributed by atoms with Gasteiger partial charge in [-0.25, -0.2) is 4.79 Å². The Morgan fingerprint density at radius 1 is 0.879 bits per heavy atom. The highest BCUT2D eigenvalue weighted by Gasteiger charge is 2.24. The number of aryl methyl sites for hydroxylation is 4.